The highest BCUT2D eigenvalue weighted by Crippen LogP contribution is 2.13. The number of aryl methyl sites for hydroxylation is 1. The van der Waals surface area contributed by atoms with Crippen molar-refractivity contribution >= 4 is 10.9 Å². The summed E-state index contributed by atoms with van der Waals surface area (Å²) in [6.45, 7) is 0.0759. The number of aliphatic hydroxyl groups is 1. The predicted molar refractivity (Wildman–Crippen MR) is 46.6 cm³/mol. The molecular formula is C9H10N2O. The summed E-state index contributed by atoms with van der Waals surface area (Å²) in [6, 6.07) is 5.77. The van der Waals surface area contributed by atoms with Crippen LogP contribution in [-0.2, 0) is 13.7 Å². The number of nitrogens with zero attached hydrogens (tertiary/aromatic N) is 2. The van der Waals surface area contributed by atoms with Crippen LogP contribution in [-0.4, -0.2) is 14.9 Å². The van der Waals surface area contributed by atoms with Gasteiger partial charge in [-0.05, 0) is 11.6 Å². The Morgan fingerprint density at radius 2 is 2.33 bits per heavy atom. The average molecular weight is 162 g/mol. The van der Waals surface area contributed by atoms with Gasteiger partial charge in [-0.2, -0.15) is 5.10 Å². The first kappa shape index (κ1) is 7.31. The van der Waals surface area contributed by atoms with Gasteiger partial charge in [-0.25, -0.2) is 0 Å². The summed E-state index contributed by atoms with van der Waals surface area (Å²) in [5.41, 5.74) is 1.84. The lowest BCUT2D eigenvalue weighted by atomic mass is 10.2. The maximum absolute atomic E-state index is 8.87. The van der Waals surface area contributed by atoms with E-state index >= 15 is 0 Å². The second kappa shape index (κ2) is 2.60. The van der Waals surface area contributed by atoms with Crippen LogP contribution in [0.3, 0.4) is 0 Å². The molecule has 3 nitrogen and oxygen atoms in total. The van der Waals surface area contributed by atoms with E-state index in [1.165, 1.54) is 0 Å². The molecule has 0 aliphatic rings. The summed E-state index contributed by atoms with van der Waals surface area (Å²) in [5, 5.41) is 14.2. The molecule has 0 amide bonds. The molecule has 0 fully saturated rings. The van der Waals surface area contributed by atoms with Crippen LogP contribution in [0.15, 0.2) is 24.4 Å². The van der Waals surface area contributed by atoms with E-state index in [1.807, 2.05) is 31.4 Å². The van der Waals surface area contributed by atoms with Crippen molar-refractivity contribution in [2.24, 2.45) is 7.05 Å². The number of hydrogen-bond acceptors (Lipinski definition) is 2. The topological polar surface area (TPSA) is 38.0 Å². The molecule has 0 atom stereocenters. The first-order valence-electron chi connectivity index (χ1n) is 3.83. The number of fused-ring (bicyclic) bond motifs is 1. The predicted octanol–water partition coefficient (Wildman–Crippen LogP) is 1.07. The van der Waals surface area contributed by atoms with Crippen molar-refractivity contribution in [1.29, 1.82) is 0 Å². The van der Waals surface area contributed by atoms with Gasteiger partial charge in [0, 0.05) is 18.6 Å². The Labute approximate surface area is 70.2 Å². The van der Waals surface area contributed by atoms with Crippen molar-refractivity contribution in [3.8, 4) is 0 Å². The Morgan fingerprint density at radius 3 is 3.08 bits per heavy atom. The molecule has 1 aromatic heterocycles. The number of hydrogen-bond donors (Lipinski definition) is 1. The quantitative estimate of drug-likeness (QED) is 0.681. The van der Waals surface area contributed by atoms with Gasteiger partial charge >= 0.3 is 0 Å². The maximum atomic E-state index is 8.87. The van der Waals surface area contributed by atoms with Gasteiger partial charge in [-0.15, -0.1) is 0 Å². The Kier molecular flexibility index (Phi) is 1.59. The van der Waals surface area contributed by atoms with Gasteiger partial charge in [-0.3, -0.25) is 4.68 Å². The molecule has 1 aromatic carbocycles. The van der Waals surface area contributed by atoms with Crippen LogP contribution in [0.4, 0.5) is 0 Å². The fraction of sp³-hybridized carbons (Fsp3) is 0.222. The molecule has 0 aliphatic carbocycles. The SMILES string of the molecule is Cn1cc2ccc(CO)cc2n1. The van der Waals surface area contributed by atoms with Gasteiger partial charge in [0.1, 0.15) is 0 Å². The molecule has 0 spiro atoms. The van der Waals surface area contributed by atoms with E-state index in [9.17, 15) is 0 Å². The first-order chi connectivity index (χ1) is 5.79. The van der Waals surface area contributed by atoms with Crippen molar-refractivity contribution in [3.05, 3.63) is 30.0 Å². The highest BCUT2D eigenvalue weighted by molar-refractivity contribution is 5.78. The van der Waals surface area contributed by atoms with Crippen molar-refractivity contribution in [2.45, 2.75) is 6.61 Å². The van der Waals surface area contributed by atoms with Gasteiger partial charge in [0.15, 0.2) is 0 Å². The Bertz CT molecular complexity index is 406. The Morgan fingerprint density at radius 1 is 1.50 bits per heavy atom. The zero-order valence-electron chi connectivity index (χ0n) is 6.86. The average Bonchev–Trinajstić information content (AvgIpc) is 2.43. The molecule has 2 aromatic rings. The second-order valence-electron chi connectivity index (χ2n) is 2.85. The molecule has 0 radical (unpaired) electrons. The molecule has 1 heterocycles. The van der Waals surface area contributed by atoms with Crippen LogP contribution in [0.1, 0.15) is 5.56 Å². The molecule has 1 N–H and O–H groups in total. The zero-order chi connectivity index (χ0) is 8.55. The largest absolute Gasteiger partial charge is 0.392 e. The molecule has 12 heavy (non-hydrogen) atoms. The summed E-state index contributed by atoms with van der Waals surface area (Å²) >= 11 is 0. The molecule has 0 unspecified atom stereocenters. The summed E-state index contributed by atoms with van der Waals surface area (Å²) in [7, 11) is 1.89. The number of benzene rings is 1. The van der Waals surface area contributed by atoms with E-state index in [0.717, 1.165) is 16.5 Å². The van der Waals surface area contributed by atoms with Gasteiger partial charge < -0.3 is 5.11 Å². The summed E-state index contributed by atoms with van der Waals surface area (Å²) in [4.78, 5) is 0. The third kappa shape index (κ3) is 1.08. The summed E-state index contributed by atoms with van der Waals surface area (Å²) in [6.07, 6.45) is 1.95. The van der Waals surface area contributed by atoms with Crippen molar-refractivity contribution in [1.82, 2.24) is 9.78 Å². The van der Waals surface area contributed by atoms with E-state index in [0.29, 0.717) is 0 Å². The summed E-state index contributed by atoms with van der Waals surface area (Å²) < 4.78 is 1.77. The molecule has 0 saturated carbocycles. The molecule has 0 aliphatic heterocycles. The van der Waals surface area contributed by atoms with Crippen LogP contribution in [0.5, 0.6) is 0 Å². The normalized spacial score (nSPS) is 10.8. The minimum Gasteiger partial charge on any atom is -0.392 e. The minimum atomic E-state index is 0.0759. The maximum Gasteiger partial charge on any atom is 0.0926 e. The van der Waals surface area contributed by atoms with Crippen LogP contribution in [0.25, 0.3) is 10.9 Å². The van der Waals surface area contributed by atoms with E-state index in [2.05, 4.69) is 5.10 Å². The lowest BCUT2D eigenvalue weighted by molar-refractivity contribution is 0.282. The van der Waals surface area contributed by atoms with Gasteiger partial charge in [-0.1, -0.05) is 12.1 Å². The van der Waals surface area contributed by atoms with Gasteiger partial charge in [0.2, 0.25) is 0 Å². The van der Waals surface area contributed by atoms with Gasteiger partial charge in [0.25, 0.3) is 0 Å². The van der Waals surface area contributed by atoms with Gasteiger partial charge in [0.05, 0.1) is 12.1 Å². The van der Waals surface area contributed by atoms with Crippen molar-refractivity contribution in [3.63, 3.8) is 0 Å². The molecule has 0 bridgehead atoms. The van der Waals surface area contributed by atoms with Crippen LogP contribution < -0.4 is 0 Å². The van der Waals surface area contributed by atoms with Crippen LogP contribution in [0.2, 0.25) is 0 Å². The molecule has 62 valence electrons. The van der Waals surface area contributed by atoms with E-state index in [4.69, 9.17) is 5.11 Å². The lowest BCUT2D eigenvalue weighted by Crippen LogP contribution is -1.85. The monoisotopic (exact) mass is 162 g/mol. The molecule has 3 heteroatoms. The van der Waals surface area contributed by atoms with Crippen molar-refractivity contribution < 1.29 is 5.11 Å². The zero-order valence-corrected chi connectivity index (χ0v) is 6.86. The van der Waals surface area contributed by atoms with E-state index in [-0.39, 0.29) is 6.61 Å². The molecular weight excluding hydrogens is 152 g/mol. The van der Waals surface area contributed by atoms with Crippen LogP contribution in [0, 0.1) is 0 Å². The lowest BCUT2D eigenvalue weighted by Gasteiger charge is -1.92. The minimum absolute atomic E-state index is 0.0759. The fourth-order valence-electron chi connectivity index (χ4n) is 1.28. The van der Waals surface area contributed by atoms with E-state index in [1.54, 1.807) is 4.68 Å². The molecule has 2 rings (SSSR count). The van der Waals surface area contributed by atoms with E-state index < -0.39 is 0 Å². The smallest absolute Gasteiger partial charge is 0.0926 e. The fourth-order valence-corrected chi connectivity index (χ4v) is 1.28. The van der Waals surface area contributed by atoms with Crippen LogP contribution >= 0.6 is 0 Å². The molecule has 0 saturated heterocycles. The Hall–Kier alpha value is -1.35. The second-order valence-corrected chi connectivity index (χ2v) is 2.85. The highest BCUT2D eigenvalue weighted by Gasteiger charge is 1.98. The summed E-state index contributed by atoms with van der Waals surface area (Å²) in [5.74, 6) is 0. The third-order valence-electron chi connectivity index (χ3n) is 1.87. The highest BCUT2D eigenvalue weighted by atomic mass is 16.3. The number of rotatable bonds is 1. The third-order valence-corrected chi connectivity index (χ3v) is 1.87. The first-order valence-corrected chi connectivity index (χ1v) is 3.83. The van der Waals surface area contributed by atoms with Crippen molar-refractivity contribution in [2.75, 3.05) is 0 Å². The number of aromatic nitrogens is 2. The number of aliphatic hydroxyl groups excluding tert-OH is 1. The Balaban J connectivity index is 2.66. The standard InChI is InChI=1S/C9H10N2O/c1-11-5-8-3-2-7(6-12)4-9(8)10-11/h2-5,12H,6H2,1H3.